The van der Waals surface area contributed by atoms with Gasteiger partial charge >= 0.3 is 6.18 Å². The van der Waals surface area contributed by atoms with Gasteiger partial charge in [-0.2, -0.15) is 18.4 Å². The molecule has 9 aromatic carbocycles. The van der Waals surface area contributed by atoms with Crippen molar-refractivity contribution in [2.45, 2.75) is 13.1 Å². The molecule has 4 aromatic heterocycles. The lowest BCUT2D eigenvalue weighted by molar-refractivity contribution is -0.137. The molecule has 0 unspecified atom stereocenters. The van der Waals surface area contributed by atoms with E-state index in [1.807, 2.05) is 84.9 Å². The molecule has 65 heavy (non-hydrogen) atoms. The maximum atomic E-state index is 15.0. The maximum absolute atomic E-state index is 15.0. The van der Waals surface area contributed by atoms with Gasteiger partial charge in [0.15, 0.2) is 0 Å². The van der Waals surface area contributed by atoms with Gasteiger partial charge in [-0.3, -0.25) is 0 Å². The van der Waals surface area contributed by atoms with Gasteiger partial charge in [0.05, 0.1) is 61.4 Å². The zero-order chi connectivity index (χ0) is 43.7. The summed E-state index contributed by atoms with van der Waals surface area (Å²) < 4.78 is 62.5. The van der Waals surface area contributed by atoms with Crippen LogP contribution in [0.5, 0.6) is 0 Å². The highest BCUT2D eigenvalue weighted by atomic mass is 19.4. The van der Waals surface area contributed by atoms with Crippen LogP contribution in [0.3, 0.4) is 0 Å². The molecule has 8 heteroatoms. The van der Waals surface area contributed by atoms with Gasteiger partial charge in [-0.25, -0.2) is 0 Å². The first-order chi connectivity index (χ1) is 31.8. The number of hydrogen-bond donors (Lipinski definition) is 0. The number of rotatable bonds is 4. The largest absolute Gasteiger partial charge is 0.455 e. The van der Waals surface area contributed by atoms with Crippen LogP contribution in [0, 0.1) is 18.3 Å². The SMILES string of the molecule is Cc1cccc(C(F)(F)F)c1-c1ccc(-n2c3ccccc3c3c4oc5ccccc5c4ccc32)c(-c2cc(C#N)ccc2-n2c3ccccc3c3c4oc5ccccc5c4ccc32)c1. The monoisotopic (exact) mass is 847 g/mol. The molecule has 0 saturated carbocycles. The van der Waals surface area contributed by atoms with E-state index in [-0.39, 0.29) is 5.56 Å². The second-order valence-electron chi connectivity index (χ2n) is 16.6. The average molecular weight is 848 g/mol. The van der Waals surface area contributed by atoms with Gasteiger partial charge in [-0.05, 0) is 109 Å². The van der Waals surface area contributed by atoms with Crippen LogP contribution in [0.4, 0.5) is 13.2 Å². The Hall–Kier alpha value is -8.54. The van der Waals surface area contributed by atoms with Crippen molar-refractivity contribution >= 4 is 87.5 Å². The summed E-state index contributed by atoms with van der Waals surface area (Å²) in [5, 5.41) is 18.3. The zero-order valence-corrected chi connectivity index (χ0v) is 34.5. The molecule has 0 N–H and O–H groups in total. The van der Waals surface area contributed by atoms with Gasteiger partial charge in [0.1, 0.15) is 22.3 Å². The predicted octanol–water partition coefficient (Wildman–Crippen LogP) is 16.2. The summed E-state index contributed by atoms with van der Waals surface area (Å²) >= 11 is 0. The lowest BCUT2D eigenvalue weighted by atomic mass is 9.90. The first-order valence-corrected chi connectivity index (χ1v) is 21.3. The minimum absolute atomic E-state index is 0.0983. The number of nitrogens with zero attached hydrogens (tertiary/aromatic N) is 3. The molecular formula is C57H32F3N3O2. The number of aromatic nitrogens is 2. The Morgan fingerprint density at radius 1 is 0.477 bits per heavy atom. The Balaban J connectivity index is 1.17. The number of hydrogen-bond acceptors (Lipinski definition) is 3. The molecule has 0 amide bonds. The molecule has 0 aliphatic carbocycles. The smallest absolute Gasteiger partial charge is 0.417 e. The fourth-order valence-corrected chi connectivity index (χ4v) is 10.4. The number of nitriles is 1. The standard InChI is InChI=1S/C57H32F3N3O2/c1-32-11-10-16-43(57(58,59)60)52(32)34-22-26-47(63-45-18-7-3-15-40(45)54-49(63)28-24-38-36-13-5-9-20-51(36)65-56(38)54)42(30-34)41-29-33(31-61)21-25-46(41)62-44-17-6-2-14-39(44)53-48(62)27-23-37-35-12-4-8-19-50(35)64-55(37)53/h2-30H,1H3. The van der Waals surface area contributed by atoms with Crippen molar-refractivity contribution in [1.29, 1.82) is 5.26 Å². The van der Waals surface area contributed by atoms with Gasteiger partial charge in [0.25, 0.3) is 0 Å². The van der Waals surface area contributed by atoms with Gasteiger partial charge in [-0.1, -0.05) is 91.0 Å². The van der Waals surface area contributed by atoms with E-state index >= 15 is 0 Å². The van der Waals surface area contributed by atoms with Crippen molar-refractivity contribution in [3.05, 3.63) is 193 Å². The number of benzene rings is 9. The molecule has 0 aliphatic heterocycles. The second kappa shape index (κ2) is 13.5. The summed E-state index contributed by atoms with van der Waals surface area (Å²) in [6.07, 6.45) is -4.61. The van der Waals surface area contributed by atoms with Crippen molar-refractivity contribution < 1.29 is 22.0 Å². The van der Waals surface area contributed by atoms with Crippen molar-refractivity contribution in [3.63, 3.8) is 0 Å². The summed E-state index contributed by atoms with van der Waals surface area (Å²) in [6.45, 7) is 1.71. The number of alkyl halides is 3. The molecule has 0 atom stereocenters. The van der Waals surface area contributed by atoms with Crippen LogP contribution in [0.1, 0.15) is 16.7 Å². The quantitative estimate of drug-likeness (QED) is 0.177. The number of halogens is 3. The molecular weight excluding hydrogens is 816 g/mol. The molecule has 0 radical (unpaired) electrons. The Morgan fingerprint density at radius 3 is 1.54 bits per heavy atom. The third-order valence-corrected chi connectivity index (χ3v) is 13.1. The number of aryl methyl sites for hydroxylation is 1. The fraction of sp³-hybridized carbons (Fsp3) is 0.0351. The van der Waals surface area contributed by atoms with Crippen LogP contribution < -0.4 is 0 Å². The first-order valence-electron chi connectivity index (χ1n) is 21.3. The van der Waals surface area contributed by atoms with E-state index in [0.29, 0.717) is 33.5 Å². The number of para-hydroxylation sites is 4. The van der Waals surface area contributed by atoms with Crippen LogP contribution in [0.25, 0.3) is 121 Å². The average Bonchev–Trinajstić information content (AvgIpc) is 4.08. The van der Waals surface area contributed by atoms with Crippen LogP contribution >= 0.6 is 0 Å². The molecule has 0 aliphatic rings. The molecule has 13 aromatic rings. The van der Waals surface area contributed by atoms with Gasteiger partial charge in [-0.15, -0.1) is 0 Å². The van der Waals surface area contributed by atoms with Gasteiger partial charge in [0.2, 0.25) is 0 Å². The Kier molecular flexibility index (Phi) is 7.68. The molecule has 0 spiro atoms. The predicted molar refractivity (Wildman–Crippen MR) is 255 cm³/mol. The second-order valence-corrected chi connectivity index (χ2v) is 16.6. The molecule has 0 fully saturated rings. The Morgan fingerprint density at radius 2 is 0.985 bits per heavy atom. The summed E-state index contributed by atoms with van der Waals surface area (Å²) in [5.41, 5.74) is 10.0. The van der Waals surface area contributed by atoms with Crippen molar-refractivity contribution in [2.75, 3.05) is 0 Å². The van der Waals surface area contributed by atoms with E-state index < -0.39 is 11.7 Å². The third-order valence-electron chi connectivity index (χ3n) is 13.1. The summed E-state index contributed by atoms with van der Waals surface area (Å²) in [6, 6.07) is 58.4. The molecule has 0 saturated heterocycles. The summed E-state index contributed by atoms with van der Waals surface area (Å²) in [5.74, 6) is 0. The number of furan rings is 2. The van der Waals surface area contributed by atoms with E-state index in [1.54, 1.807) is 25.1 Å². The van der Waals surface area contributed by atoms with Crippen LogP contribution in [0.2, 0.25) is 0 Å². The minimum atomic E-state index is -4.61. The van der Waals surface area contributed by atoms with Crippen LogP contribution in [0.15, 0.2) is 185 Å². The molecule has 4 heterocycles. The Labute approximate surface area is 368 Å². The normalized spacial score (nSPS) is 12.3. The minimum Gasteiger partial charge on any atom is -0.455 e. The number of fused-ring (bicyclic) bond motifs is 14. The fourth-order valence-electron chi connectivity index (χ4n) is 10.4. The van der Waals surface area contributed by atoms with Gasteiger partial charge < -0.3 is 18.0 Å². The highest BCUT2D eigenvalue weighted by Crippen LogP contribution is 2.48. The first kappa shape index (κ1) is 37.1. The molecule has 0 bridgehead atoms. The lowest BCUT2D eigenvalue weighted by Crippen LogP contribution is -2.08. The highest BCUT2D eigenvalue weighted by molar-refractivity contribution is 6.25. The van der Waals surface area contributed by atoms with Crippen molar-refractivity contribution in [3.8, 4) is 39.7 Å². The topological polar surface area (TPSA) is 59.9 Å². The summed E-state index contributed by atoms with van der Waals surface area (Å²) in [7, 11) is 0. The molecule has 308 valence electrons. The molecule has 13 rings (SSSR count). The maximum Gasteiger partial charge on any atom is 0.417 e. The van der Waals surface area contributed by atoms with E-state index in [0.717, 1.165) is 99.2 Å². The van der Waals surface area contributed by atoms with Gasteiger partial charge in [0, 0.05) is 43.4 Å². The van der Waals surface area contributed by atoms with Crippen LogP contribution in [-0.4, -0.2) is 9.13 Å². The summed E-state index contributed by atoms with van der Waals surface area (Å²) in [4.78, 5) is 0. The third kappa shape index (κ3) is 5.27. The van der Waals surface area contributed by atoms with E-state index in [2.05, 4.69) is 75.9 Å². The van der Waals surface area contributed by atoms with Crippen LogP contribution in [-0.2, 0) is 6.18 Å². The van der Waals surface area contributed by atoms with E-state index in [1.165, 1.54) is 6.07 Å². The van der Waals surface area contributed by atoms with E-state index in [9.17, 15) is 18.4 Å². The van der Waals surface area contributed by atoms with Crippen molar-refractivity contribution in [1.82, 2.24) is 9.13 Å². The van der Waals surface area contributed by atoms with Crippen molar-refractivity contribution in [2.24, 2.45) is 0 Å². The Bertz CT molecular complexity index is 4210. The zero-order valence-electron chi connectivity index (χ0n) is 34.5. The highest BCUT2D eigenvalue weighted by Gasteiger charge is 2.35. The van der Waals surface area contributed by atoms with E-state index in [4.69, 9.17) is 8.83 Å². The molecule has 5 nitrogen and oxygen atoms in total. The lowest BCUT2D eigenvalue weighted by Gasteiger charge is -2.21.